The van der Waals surface area contributed by atoms with Crippen LogP contribution in [0.1, 0.15) is 18.9 Å². The van der Waals surface area contributed by atoms with Crippen molar-refractivity contribution >= 4 is 26.7 Å². The summed E-state index contributed by atoms with van der Waals surface area (Å²) in [6.07, 6.45) is 1.04. The van der Waals surface area contributed by atoms with Crippen molar-refractivity contribution in [2.24, 2.45) is 0 Å². The first-order valence-corrected chi connectivity index (χ1v) is 6.70. The van der Waals surface area contributed by atoms with Gasteiger partial charge in [-0.3, -0.25) is 0 Å². The van der Waals surface area contributed by atoms with Gasteiger partial charge >= 0.3 is 0 Å². The van der Waals surface area contributed by atoms with E-state index in [-0.39, 0.29) is 5.54 Å². The first-order chi connectivity index (χ1) is 8.16. The van der Waals surface area contributed by atoms with E-state index in [0.29, 0.717) is 0 Å². The number of hydrogen-bond donors (Lipinski definition) is 1. The highest BCUT2D eigenvalue weighted by molar-refractivity contribution is 7.22. The molecule has 0 spiro atoms. The molecular formula is C13H16N2OS. The smallest absolute Gasteiger partial charge is 0.184 e. The molecule has 1 fully saturated rings. The number of benzene rings is 1. The largest absolute Gasteiger partial charge is 0.379 e. The van der Waals surface area contributed by atoms with E-state index >= 15 is 0 Å². The van der Waals surface area contributed by atoms with E-state index in [1.54, 1.807) is 11.3 Å². The third-order valence-electron chi connectivity index (χ3n) is 3.25. The fraction of sp³-hybridized carbons (Fsp3) is 0.462. The van der Waals surface area contributed by atoms with Crippen molar-refractivity contribution in [2.75, 3.05) is 18.5 Å². The third-order valence-corrected chi connectivity index (χ3v) is 4.18. The standard InChI is InChI=1S/C13H16N2OS/c1-9-4-3-5-10-11(9)14-12(17-10)15-13(2)6-7-16-8-13/h3-5H,6-8H2,1-2H3,(H,14,15). The zero-order valence-electron chi connectivity index (χ0n) is 10.1. The maximum absolute atomic E-state index is 5.44. The van der Waals surface area contributed by atoms with Crippen LogP contribution in [0.5, 0.6) is 0 Å². The Hall–Kier alpha value is -1.13. The van der Waals surface area contributed by atoms with E-state index < -0.39 is 0 Å². The zero-order chi connectivity index (χ0) is 11.9. The van der Waals surface area contributed by atoms with Gasteiger partial charge in [-0.25, -0.2) is 4.98 Å². The first-order valence-electron chi connectivity index (χ1n) is 5.88. The number of aromatic nitrogens is 1. The summed E-state index contributed by atoms with van der Waals surface area (Å²) in [5, 5.41) is 4.52. The Morgan fingerprint density at radius 2 is 2.35 bits per heavy atom. The molecule has 1 atom stereocenters. The minimum Gasteiger partial charge on any atom is -0.379 e. The van der Waals surface area contributed by atoms with Crippen LogP contribution in [-0.2, 0) is 4.74 Å². The number of ether oxygens (including phenoxy) is 1. The van der Waals surface area contributed by atoms with Crippen LogP contribution >= 0.6 is 11.3 Å². The van der Waals surface area contributed by atoms with Gasteiger partial charge in [0.1, 0.15) is 0 Å². The van der Waals surface area contributed by atoms with Crippen molar-refractivity contribution in [3.05, 3.63) is 23.8 Å². The summed E-state index contributed by atoms with van der Waals surface area (Å²) < 4.78 is 6.69. The quantitative estimate of drug-likeness (QED) is 0.886. The Kier molecular flexibility index (Phi) is 2.56. The van der Waals surface area contributed by atoms with Crippen LogP contribution in [0.25, 0.3) is 10.2 Å². The zero-order valence-corrected chi connectivity index (χ0v) is 10.9. The highest BCUT2D eigenvalue weighted by Crippen LogP contribution is 2.31. The van der Waals surface area contributed by atoms with Gasteiger partial charge in [0, 0.05) is 6.61 Å². The number of nitrogens with zero attached hydrogens (tertiary/aromatic N) is 1. The van der Waals surface area contributed by atoms with Crippen LogP contribution in [0.4, 0.5) is 5.13 Å². The first kappa shape index (κ1) is 11.0. The molecule has 1 aromatic heterocycles. The Bertz CT molecular complexity index is 543. The van der Waals surface area contributed by atoms with Gasteiger partial charge in [-0.15, -0.1) is 0 Å². The van der Waals surface area contributed by atoms with Gasteiger partial charge in [0.25, 0.3) is 0 Å². The molecule has 1 aromatic carbocycles. The van der Waals surface area contributed by atoms with Gasteiger partial charge in [0.05, 0.1) is 22.4 Å². The minimum absolute atomic E-state index is 0.0434. The van der Waals surface area contributed by atoms with E-state index in [0.717, 1.165) is 30.3 Å². The van der Waals surface area contributed by atoms with Crippen LogP contribution in [-0.4, -0.2) is 23.7 Å². The molecule has 0 amide bonds. The summed E-state index contributed by atoms with van der Waals surface area (Å²) in [4.78, 5) is 4.67. The van der Waals surface area contributed by atoms with Gasteiger partial charge in [-0.2, -0.15) is 0 Å². The van der Waals surface area contributed by atoms with E-state index in [1.807, 2.05) is 0 Å². The molecule has 90 valence electrons. The summed E-state index contributed by atoms with van der Waals surface area (Å²) in [6.45, 7) is 5.90. The molecule has 1 N–H and O–H groups in total. The molecule has 3 nitrogen and oxygen atoms in total. The molecule has 4 heteroatoms. The van der Waals surface area contributed by atoms with Crippen LogP contribution in [0, 0.1) is 6.92 Å². The maximum Gasteiger partial charge on any atom is 0.184 e. The molecule has 1 saturated heterocycles. The number of rotatable bonds is 2. The summed E-state index contributed by atoms with van der Waals surface area (Å²) in [5.41, 5.74) is 2.39. The number of fused-ring (bicyclic) bond motifs is 1. The molecule has 0 bridgehead atoms. The lowest BCUT2D eigenvalue weighted by Crippen LogP contribution is -2.34. The van der Waals surface area contributed by atoms with Crippen molar-refractivity contribution in [1.29, 1.82) is 0 Å². The number of hydrogen-bond acceptors (Lipinski definition) is 4. The Morgan fingerprint density at radius 3 is 3.06 bits per heavy atom. The normalized spacial score (nSPS) is 24.4. The monoisotopic (exact) mass is 248 g/mol. The van der Waals surface area contributed by atoms with Gasteiger partial charge in [0.15, 0.2) is 5.13 Å². The summed E-state index contributed by atoms with van der Waals surface area (Å²) in [5.74, 6) is 0. The van der Waals surface area contributed by atoms with Crippen molar-refractivity contribution in [3.8, 4) is 0 Å². The highest BCUT2D eigenvalue weighted by atomic mass is 32.1. The van der Waals surface area contributed by atoms with Gasteiger partial charge in [0.2, 0.25) is 0 Å². The molecule has 17 heavy (non-hydrogen) atoms. The second-order valence-electron chi connectivity index (χ2n) is 4.93. The third kappa shape index (κ3) is 2.03. The molecular weight excluding hydrogens is 232 g/mol. The van der Waals surface area contributed by atoms with Crippen LogP contribution < -0.4 is 5.32 Å². The fourth-order valence-corrected chi connectivity index (χ4v) is 3.26. The summed E-state index contributed by atoms with van der Waals surface area (Å²) in [6, 6.07) is 6.31. The van der Waals surface area contributed by atoms with Gasteiger partial charge in [-0.05, 0) is 31.9 Å². The molecule has 0 saturated carbocycles. The molecule has 1 aliphatic rings. The number of nitrogens with one attached hydrogen (secondary N) is 1. The van der Waals surface area contributed by atoms with E-state index in [2.05, 4.69) is 42.3 Å². The summed E-state index contributed by atoms with van der Waals surface area (Å²) in [7, 11) is 0. The number of anilines is 1. The lowest BCUT2D eigenvalue weighted by molar-refractivity contribution is 0.185. The molecule has 2 aromatic rings. The van der Waals surface area contributed by atoms with Crippen molar-refractivity contribution in [1.82, 2.24) is 4.98 Å². The van der Waals surface area contributed by atoms with E-state index in [4.69, 9.17) is 4.74 Å². The maximum atomic E-state index is 5.44. The second kappa shape index (κ2) is 3.96. The topological polar surface area (TPSA) is 34.1 Å². The molecule has 1 unspecified atom stereocenters. The predicted octanol–water partition coefficient (Wildman–Crippen LogP) is 3.20. The Balaban J connectivity index is 1.93. The average Bonchev–Trinajstić information content (AvgIpc) is 2.86. The summed E-state index contributed by atoms with van der Waals surface area (Å²) >= 11 is 1.72. The van der Waals surface area contributed by atoms with Crippen LogP contribution in [0.15, 0.2) is 18.2 Å². The fourth-order valence-electron chi connectivity index (χ4n) is 2.16. The number of aryl methyl sites for hydroxylation is 1. The predicted molar refractivity (Wildman–Crippen MR) is 71.8 cm³/mol. The van der Waals surface area contributed by atoms with Crippen molar-refractivity contribution in [2.45, 2.75) is 25.8 Å². The SMILES string of the molecule is Cc1cccc2sc(NC3(C)CCOC3)nc12. The Morgan fingerprint density at radius 1 is 1.47 bits per heavy atom. The second-order valence-corrected chi connectivity index (χ2v) is 5.96. The van der Waals surface area contributed by atoms with Crippen LogP contribution in [0.2, 0.25) is 0 Å². The van der Waals surface area contributed by atoms with Crippen LogP contribution in [0.3, 0.4) is 0 Å². The Labute approximate surface area is 105 Å². The lowest BCUT2D eigenvalue weighted by Gasteiger charge is -2.22. The molecule has 0 radical (unpaired) electrons. The minimum atomic E-state index is 0.0434. The molecule has 1 aliphatic heterocycles. The molecule has 2 heterocycles. The van der Waals surface area contributed by atoms with Gasteiger partial charge in [-0.1, -0.05) is 23.5 Å². The van der Waals surface area contributed by atoms with Crippen molar-refractivity contribution in [3.63, 3.8) is 0 Å². The van der Waals surface area contributed by atoms with Crippen molar-refractivity contribution < 1.29 is 4.74 Å². The number of thiazole rings is 1. The van der Waals surface area contributed by atoms with E-state index in [1.165, 1.54) is 10.3 Å². The average molecular weight is 248 g/mol. The lowest BCUT2D eigenvalue weighted by atomic mass is 10.0. The molecule has 0 aliphatic carbocycles. The molecule has 3 rings (SSSR count). The number of para-hydroxylation sites is 1. The van der Waals surface area contributed by atoms with E-state index in [9.17, 15) is 0 Å². The van der Waals surface area contributed by atoms with Gasteiger partial charge < -0.3 is 10.1 Å². The highest BCUT2D eigenvalue weighted by Gasteiger charge is 2.30.